The molecule has 3 aromatic rings. The van der Waals surface area contributed by atoms with Crippen molar-refractivity contribution in [2.75, 3.05) is 37.6 Å². The van der Waals surface area contributed by atoms with Gasteiger partial charge in [0.05, 0.1) is 6.04 Å². The average Bonchev–Trinajstić information content (AvgIpc) is 3.55. The van der Waals surface area contributed by atoms with Gasteiger partial charge in [0.1, 0.15) is 6.10 Å². The Hall–Kier alpha value is -3.84. The zero-order valence-corrected chi connectivity index (χ0v) is 26.3. The van der Waals surface area contributed by atoms with E-state index in [1.54, 1.807) is 0 Å². The molecule has 2 fully saturated rings. The first-order valence-corrected chi connectivity index (χ1v) is 16.3. The number of aryl methyl sites for hydroxylation is 2. The molecule has 0 unspecified atom stereocenters. The zero-order chi connectivity index (χ0) is 30.7. The standard InChI is InChI=1S/C37H48N4O3/c1-28-17-18-29(2)35(25-28)40-21-23-41(24-22-40)36(42)19-20-38-33(26-30-11-5-3-6-12-30)34(27-31-13-7-4-8-14-31)39-37(43)44-32-15-9-10-16-32/h3-8,11-14,17-18,25,32-34,38H,9-10,15-16,19-24,26-27H2,1-2H3,(H,39,43)/t33-,34-/m0/s1. The summed E-state index contributed by atoms with van der Waals surface area (Å²) in [6.07, 6.45) is 5.54. The Kier molecular flexibility index (Phi) is 11.3. The highest BCUT2D eigenvalue weighted by Crippen LogP contribution is 2.23. The van der Waals surface area contributed by atoms with Crippen molar-refractivity contribution >= 4 is 17.7 Å². The normalized spacial score (nSPS) is 16.9. The quantitative estimate of drug-likeness (QED) is 0.276. The Balaban J connectivity index is 1.21. The fourth-order valence-electron chi connectivity index (χ4n) is 6.51. The van der Waals surface area contributed by atoms with Crippen molar-refractivity contribution in [3.63, 3.8) is 0 Å². The van der Waals surface area contributed by atoms with Gasteiger partial charge in [0.15, 0.2) is 0 Å². The van der Waals surface area contributed by atoms with Crippen LogP contribution in [0.4, 0.5) is 10.5 Å². The van der Waals surface area contributed by atoms with Gasteiger partial charge in [-0.1, -0.05) is 72.8 Å². The third-order valence-corrected chi connectivity index (χ3v) is 9.04. The van der Waals surface area contributed by atoms with Crippen LogP contribution in [0.5, 0.6) is 0 Å². The molecule has 7 nitrogen and oxygen atoms in total. The molecule has 0 spiro atoms. The Bertz CT molecular complexity index is 1340. The summed E-state index contributed by atoms with van der Waals surface area (Å²) in [6.45, 7) is 7.95. The molecule has 234 valence electrons. The Morgan fingerprint density at radius 2 is 1.43 bits per heavy atom. The molecule has 0 bridgehead atoms. The van der Waals surface area contributed by atoms with Crippen molar-refractivity contribution in [3.05, 3.63) is 101 Å². The van der Waals surface area contributed by atoms with Crippen molar-refractivity contribution in [2.45, 2.75) is 77.0 Å². The number of carbonyl (C=O) groups excluding carboxylic acids is 2. The summed E-state index contributed by atoms with van der Waals surface area (Å²) in [6, 6.07) is 26.9. The molecule has 0 aromatic heterocycles. The highest BCUT2D eigenvalue weighted by Gasteiger charge is 2.28. The van der Waals surface area contributed by atoms with E-state index in [0.29, 0.717) is 19.4 Å². The molecular weight excluding hydrogens is 548 g/mol. The highest BCUT2D eigenvalue weighted by atomic mass is 16.6. The minimum Gasteiger partial charge on any atom is -0.446 e. The van der Waals surface area contributed by atoms with Gasteiger partial charge in [-0.15, -0.1) is 0 Å². The second-order valence-electron chi connectivity index (χ2n) is 12.4. The predicted octanol–water partition coefficient (Wildman–Crippen LogP) is 5.82. The number of nitrogens with zero attached hydrogens (tertiary/aromatic N) is 2. The predicted molar refractivity (Wildman–Crippen MR) is 177 cm³/mol. The molecule has 1 saturated heterocycles. The molecule has 2 aliphatic rings. The minimum atomic E-state index is -0.351. The van der Waals surface area contributed by atoms with Crippen molar-refractivity contribution < 1.29 is 14.3 Å². The van der Waals surface area contributed by atoms with Gasteiger partial charge in [-0.2, -0.15) is 0 Å². The molecule has 1 aliphatic heterocycles. The number of ether oxygens (including phenoxy) is 1. The SMILES string of the molecule is Cc1ccc(C)c(N2CCN(C(=O)CCN[C@@H](Cc3ccccc3)[C@H](Cc3ccccc3)NC(=O)OC3CCCC3)CC2)c1. The summed E-state index contributed by atoms with van der Waals surface area (Å²) in [4.78, 5) is 30.8. The Morgan fingerprint density at radius 3 is 2.07 bits per heavy atom. The lowest BCUT2D eigenvalue weighted by atomic mass is 9.94. The van der Waals surface area contributed by atoms with Crippen LogP contribution < -0.4 is 15.5 Å². The smallest absolute Gasteiger partial charge is 0.407 e. The first-order valence-electron chi connectivity index (χ1n) is 16.3. The van der Waals surface area contributed by atoms with Gasteiger partial charge in [0.2, 0.25) is 5.91 Å². The molecule has 2 amide bonds. The van der Waals surface area contributed by atoms with Crippen molar-refractivity contribution in [1.82, 2.24) is 15.5 Å². The topological polar surface area (TPSA) is 73.9 Å². The number of anilines is 1. The van der Waals surface area contributed by atoms with E-state index in [2.05, 4.69) is 71.8 Å². The van der Waals surface area contributed by atoms with Crippen LogP contribution in [0.3, 0.4) is 0 Å². The van der Waals surface area contributed by atoms with Gasteiger partial charge >= 0.3 is 6.09 Å². The highest BCUT2D eigenvalue weighted by molar-refractivity contribution is 5.76. The number of carbonyl (C=O) groups is 2. The van der Waals surface area contributed by atoms with Crippen LogP contribution in [0.25, 0.3) is 0 Å². The van der Waals surface area contributed by atoms with Crippen LogP contribution in [0.15, 0.2) is 78.9 Å². The van der Waals surface area contributed by atoms with Gasteiger partial charge in [-0.25, -0.2) is 4.79 Å². The fraction of sp³-hybridized carbons (Fsp3) is 0.459. The lowest BCUT2D eigenvalue weighted by Crippen LogP contribution is -2.53. The maximum absolute atomic E-state index is 13.3. The maximum atomic E-state index is 13.3. The van der Waals surface area contributed by atoms with E-state index < -0.39 is 0 Å². The number of alkyl carbamates (subject to hydrolysis) is 1. The maximum Gasteiger partial charge on any atom is 0.407 e. The van der Waals surface area contributed by atoms with Crippen molar-refractivity contribution in [1.29, 1.82) is 0 Å². The number of hydrogen-bond acceptors (Lipinski definition) is 5. The molecule has 1 saturated carbocycles. The van der Waals surface area contributed by atoms with Gasteiger partial charge in [-0.3, -0.25) is 4.79 Å². The lowest BCUT2D eigenvalue weighted by molar-refractivity contribution is -0.131. The third-order valence-electron chi connectivity index (χ3n) is 9.04. The van der Waals surface area contributed by atoms with E-state index in [9.17, 15) is 9.59 Å². The number of benzene rings is 3. The second kappa shape index (κ2) is 15.8. The largest absolute Gasteiger partial charge is 0.446 e. The van der Waals surface area contributed by atoms with E-state index in [-0.39, 0.29) is 30.2 Å². The number of rotatable bonds is 12. The monoisotopic (exact) mass is 596 g/mol. The van der Waals surface area contributed by atoms with Gasteiger partial charge in [-0.05, 0) is 80.7 Å². The van der Waals surface area contributed by atoms with Gasteiger partial charge < -0.3 is 25.2 Å². The Labute approximate surface area is 263 Å². The average molecular weight is 597 g/mol. The molecule has 5 rings (SSSR count). The molecule has 2 atom stereocenters. The van der Waals surface area contributed by atoms with E-state index in [4.69, 9.17) is 4.74 Å². The zero-order valence-electron chi connectivity index (χ0n) is 26.3. The third kappa shape index (κ3) is 9.08. The van der Waals surface area contributed by atoms with Crippen molar-refractivity contribution in [2.24, 2.45) is 0 Å². The molecular formula is C37H48N4O3. The summed E-state index contributed by atoms with van der Waals surface area (Å²) < 4.78 is 5.81. The lowest BCUT2D eigenvalue weighted by Gasteiger charge is -2.37. The van der Waals surface area contributed by atoms with Crippen LogP contribution in [0.1, 0.15) is 54.4 Å². The van der Waals surface area contributed by atoms with E-state index in [0.717, 1.165) is 63.8 Å². The molecule has 2 N–H and O–H groups in total. The van der Waals surface area contributed by atoms with E-state index in [1.807, 2.05) is 41.3 Å². The molecule has 44 heavy (non-hydrogen) atoms. The summed E-state index contributed by atoms with van der Waals surface area (Å²) in [7, 11) is 0. The number of piperazine rings is 1. The molecule has 3 aromatic carbocycles. The van der Waals surface area contributed by atoms with E-state index >= 15 is 0 Å². The van der Waals surface area contributed by atoms with Crippen molar-refractivity contribution in [3.8, 4) is 0 Å². The first-order chi connectivity index (χ1) is 21.4. The first kappa shape index (κ1) is 31.6. The minimum absolute atomic E-state index is 0.000764. The Morgan fingerprint density at radius 1 is 0.818 bits per heavy atom. The summed E-state index contributed by atoms with van der Waals surface area (Å²) >= 11 is 0. The number of nitrogens with one attached hydrogen (secondary N) is 2. The molecule has 7 heteroatoms. The van der Waals surface area contributed by atoms with Gasteiger partial charge in [0, 0.05) is 50.9 Å². The molecule has 0 radical (unpaired) electrons. The molecule has 1 aliphatic carbocycles. The molecule has 1 heterocycles. The van der Waals surface area contributed by atoms with Crippen LogP contribution in [0, 0.1) is 13.8 Å². The second-order valence-corrected chi connectivity index (χ2v) is 12.4. The summed E-state index contributed by atoms with van der Waals surface area (Å²) in [5.41, 5.74) is 6.13. The van der Waals surface area contributed by atoms with Crippen LogP contribution in [-0.4, -0.2) is 67.8 Å². The van der Waals surface area contributed by atoms with Gasteiger partial charge in [0.25, 0.3) is 0 Å². The number of amides is 2. The van der Waals surface area contributed by atoms with Crippen LogP contribution in [0.2, 0.25) is 0 Å². The number of hydrogen-bond donors (Lipinski definition) is 2. The van der Waals surface area contributed by atoms with Crippen LogP contribution in [-0.2, 0) is 22.4 Å². The van der Waals surface area contributed by atoms with Crippen LogP contribution >= 0.6 is 0 Å². The summed E-state index contributed by atoms with van der Waals surface area (Å²) in [5, 5.41) is 6.90. The fourth-order valence-corrected chi connectivity index (χ4v) is 6.51. The van der Waals surface area contributed by atoms with E-state index in [1.165, 1.54) is 22.4 Å². The summed E-state index contributed by atoms with van der Waals surface area (Å²) in [5.74, 6) is 0.171.